The summed E-state index contributed by atoms with van der Waals surface area (Å²) in [5.74, 6) is 0.450. The largest absolute Gasteiger partial charge is 0.484 e. The third-order valence-corrected chi connectivity index (χ3v) is 3.28. The third kappa shape index (κ3) is 5.11. The van der Waals surface area contributed by atoms with Crippen molar-refractivity contribution in [3.63, 3.8) is 0 Å². The normalized spacial score (nSPS) is 10.4. The maximum Gasteiger partial charge on any atom is 0.257 e. The molecule has 0 aliphatic carbocycles. The van der Waals surface area contributed by atoms with Crippen LogP contribution in [0, 0.1) is 6.92 Å². The van der Waals surface area contributed by atoms with Crippen LogP contribution in [-0.4, -0.2) is 29.3 Å². The van der Waals surface area contributed by atoms with E-state index in [1.807, 2.05) is 13.1 Å². The Morgan fingerprint density at radius 3 is 3.05 bits per heavy atom. The van der Waals surface area contributed by atoms with Crippen molar-refractivity contribution in [3.05, 3.63) is 46.7 Å². The van der Waals surface area contributed by atoms with E-state index in [2.05, 4.69) is 15.5 Å². The Bertz CT molecular complexity index is 598. The minimum absolute atomic E-state index is 0.00885. The van der Waals surface area contributed by atoms with E-state index in [-0.39, 0.29) is 12.5 Å². The molecule has 2 aromatic rings. The van der Waals surface area contributed by atoms with Gasteiger partial charge in [-0.1, -0.05) is 17.7 Å². The average molecular weight is 308 g/mol. The molecule has 0 aliphatic rings. The number of benzene rings is 1. The summed E-state index contributed by atoms with van der Waals surface area (Å²) in [6.07, 6.45) is 3.57. The molecule has 1 aromatic heterocycles. The molecule has 0 unspecified atom stereocenters. The number of aromatic amines is 1. The molecule has 112 valence electrons. The van der Waals surface area contributed by atoms with Gasteiger partial charge >= 0.3 is 0 Å². The molecule has 1 aromatic carbocycles. The van der Waals surface area contributed by atoms with Crippen LogP contribution in [0.2, 0.25) is 5.02 Å². The van der Waals surface area contributed by atoms with Crippen LogP contribution >= 0.6 is 11.6 Å². The summed E-state index contributed by atoms with van der Waals surface area (Å²) in [5, 5.41) is 10.3. The lowest BCUT2D eigenvalue weighted by atomic mass is 10.1. The molecule has 0 saturated carbocycles. The number of aryl methyl sites for hydroxylation is 2. The molecular weight excluding hydrogens is 290 g/mol. The number of nitrogens with zero attached hydrogens (tertiary/aromatic N) is 1. The van der Waals surface area contributed by atoms with Crippen LogP contribution < -0.4 is 10.1 Å². The van der Waals surface area contributed by atoms with Crippen LogP contribution in [0.1, 0.15) is 17.7 Å². The van der Waals surface area contributed by atoms with Crippen molar-refractivity contribution in [1.29, 1.82) is 0 Å². The summed E-state index contributed by atoms with van der Waals surface area (Å²) in [6.45, 7) is 2.59. The van der Waals surface area contributed by atoms with Gasteiger partial charge in [-0.05, 0) is 43.5 Å². The van der Waals surface area contributed by atoms with Crippen molar-refractivity contribution in [2.45, 2.75) is 19.8 Å². The summed E-state index contributed by atoms with van der Waals surface area (Å²) in [4.78, 5) is 11.6. The first kappa shape index (κ1) is 15.4. The molecule has 0 radical (unpaired) electrons. The Balaban J connectivity index is 1.63. The van der Waals surface area contributed by atoms with Crippen molar-refractivity contribution in [2.24, 2.45) is 0 Å². The van der Waals surface area contributed by atoms with E-state index in [1.54, 1.807) is 24.3 Å². The summed E-state index contributed by atoms with van der Waals surface area (Å²) >= 11 is 5.84. The maximum atomic E-state index is 11.6. The quantitative estimate of drug-likeness (QED) is 0.772. The molecule has 2 rings (SSSR count). The highest BCUT2D eigenvalue weighted by molar-refractivity contribution is 6.30. The number of carbonyl (C=O) groups is 1. The number of H-pyrrole nitrogens is 1. The van der Waals surface area contributed by atoms with E-state index < -0.39 is 0 Å². The predicted octanol–water partition coefficient (Wildman–Crippen LogP) is 2.50. The van der Waals surface area contributed by atoms with Gasteiger partial charge in [0, 0.05) is 17.3 Å². The van der Waals surface area contributed by atoms with Crippen molar-refractivity contribution in [1.82, 2.24) is 15.5 Å². The van der Waals surface area contributed by atoms with Gasteiger partial charge in [0.15, 0.2) is 6.61 Å². The number of amides is 1. The van der Waals surface area contributed by atoms with E-state index in [4.69, 9.17) is 16.3 Å². The van der Waals surface area contributed by atoms with Crippen molar-refractivity contribution >= 4 is 17.5 Å². The van der Waals surface area contributed by atoms with E-state index in [0.29, 0.717) is 17.3 Å². The predicted molar refractivity (Wildman–Crippen MR) is 81.6 cm³/mol. The van der Waals surface area contributed by atoms with Gasteiger partial charge in [0.05, 0.1) is 6.20 Å². The SMILES string of the molecule is Cc1[nH]ncc1CCCNC(=O)COc1cccc(Cl)c1. The van der Waals surface area contributed by atoms with Crippen LogP contribution in [0.25, 0.3) is 0 Å². The number of aromatic nitrogens is 2. The Kier molecular flexibility index (Phi) is 5.63. The minimum Gasteiger partial charge on any atom is -0.484 e. The summed E-state index contributed by atoms with van der Waals surface area (Å²) in [6, 6.07) is 6.98. The molecule has 0 aliphatic heterocycles. The van der Waals surface area contributed by atoms with Crippen molar-refractivity contribution in [3.8, 4) is 5.75 Å². The molecule has 0 bridgehead atoms. The second-order valence-corrected chi connectivity index (χ2v) is 5.16. The fourth-order valence-corrected chi connectivity index (χ4v) is 2.07. The van der Waals surface area contributed by atoms with E-state index in [0.717, 1.165) is 18.5 Å². The lowest BCUT2D eigenvalue weighted by molar-refractivity contribution is -0.123. The summed E-state index contributed by atoms with van der Waals surface area (Å²) in [5.41, 5.74) is 2.25. The second kappa shape index (κ2) is 7.69. The standard InChI is InChI=1S/C15H18ClN3O2/c1-11-12(9-18-19-11)4-3-7-17-15(20)10-21-14-6-2-5-13(16)8-14/h2,5-6,8-9H,3-4,7,10H2,1H3,(H,17,20)(H,18,19). The molecule has 0 atom stereocenters. The Labute approximate surface area is 128 Å². The first-order valence-corrected chi connectivity index (χ1v) is 7.17. The molecule has 0 fully saturated rings. The van der Waals surface area contributed by atoms with E-state index >= 15 is 0 Å². The molecule has 21 heavy (non-hydrogen) atoms. The zero-order valence-electron chi connectivity index (χ0n) is 11.9. The van der Waals surface area contributed by atoms with Crippen LogP contribution in [-0.2, 0) is 11.2 Å². The molecular formula is C15H18ClN3O2. The Morgan fingerprint density at radius 1 is 1.48 bits per heavy atom. The molecule has 0 saturated heterocycles. The zero-order chi connectivity index (χ0) is 15.1. The van der Waals surface area contributed by atoms with Gasteiger partial charge in [0.1, 0.15) is 5.75 Å². The zero-order valence-corrected chi connectivity index (χ0v) is 12.6. The number of carbonyl (C=O) groups excluding carboxylic acids is 1. The summed E-state index contributed by atoms with van der Waals surface area (Å²) < 4.78 is 5.36. The number of hydrogen-bond donors (Lipinski definition) is 2. The molecule has 5 nitrogen and oxygen atoms in total. The summed E-state index contributed by atoms with van der Waals surface area (Å²) in [7, 11) is 0. The first-order chi connectivity index (χ1) is 10.1. The molecule has 0 spiro atoms. The van der Waals surface area contributed by atoms with E-state index in [1.165, 1.54) is 5.56 Å². The highest BCUT2D eigenvalue weighted by Crippen LogP contribution is 2.16. The monoisotopic (exact) mass is 307 g/mol. The maximum absolute atomic E-state index is 11.6. The average Bonchev–Trinajstić information content (AvgIpc) is 2.87. The lowest BCUT2D eigenvalue weighted by Crippen LogP contribution is -2.29. The number of nitrogens with one attached hydrogen (secondary N) is 2. The highest BCUT2D eigenvalue weighted by atomic mass is 35.5. The lowest BCUT2D eigenvalue weighted by Gasteiger charge is -2.07. The number of rotatable bonds is 7. The fourth-order valence-electron chi connectivity index (χ4n) is 1.89. The van der Waals surface area contributed by atoms with Gasteiger partial charge in [0.25, 0.3) is 5.91 Å². The molecule has 1 amide bonds. The van der Waals surface area contributed by atoms with Crippen LogP contribution in [0.4, 0.5) is 0 Å². The van der Waals surface area contributed by atoms with Crippen LogP contribution in [0.3, 0.4) is 0 Å². The molecule has 2 N–H and O–H groups in total. The topological polar surface area (TPSA) is 67.0 Å². The fraction of sp³-hybridized carbons (Fsp3) is 0.333. The third-order valence-electron chi connectivity index (χ3n) is 3.05. The van der Waals surface area contributed by atoms with Crippen LogP contribution in [0.5, 0.6) is 5.75 Å². The Hall–Kier alpha value is -2.01. The van der Waals surface area contributed by atoms with Gasteiger partial charge in [-0.3, -0.25) is 9.89 Å². The number of ether oxygens (including phenoxy) is 1. The smallest absolute Gasteiger partial charge is 0.257 e. The number of hydrogen-bond acceptors (Lipinski definition) is 3. The number of halogens is 1. The highest BCUT2D eigenvalue weighted by Gasteiger charge is 2.04. The van der Waals surface area contributed by atoms with Gasteiger partial charge < -0.3 is 10.1 Å². The second-order valence-electron chi connectivity index (χ2n) is 4.72. The molecule has 1 heterocycles. The minimum atomic E-state index is -0.140. The van der Waals surface area contributed by atoms with Gasteiger partial charge in [-0.15, -0.1) is 0 Å². The first-order valence-electron chi connectivity index (χ1n) is 6.79. The van der Waals surface area contributed by atoms with E-state index in [9.17, 15) is 4.79 Å². The van der Waals surface area contributed by atoms with Crippen molar-refractivity contribution < 1.29 is 9.53 Å². The Morgan fingerprint density at radius 2 is 2.33 bits per heavy atom. The van der Waals surface area contributed by atoms with Crippen LogP contribution in [0.15, 0.2) is 30.5 Å². The van der Waals surface area contributed by atoms with Crippen molar-refractivity contribution in [2.75, 3.05) is 13.2 Å². The van der Waals surface area contributed by atoms with Gasteiger partial charge in [-0.25, -0.2) is 0 Å². The molecule has 6 heteroatoms. The van der Waals surface area contributed by atoms with Gasteiger partial charge in [0.2, 0.25) is 0 Å². The van der Waals surface area contributed by atoms with Gasteiger partial charge in [-0.2, -0.15) is 5.10 Å².